The first-order valence-electron chi connectivity index (χ1n) is 8.50. The number of benzene rings is 2. The number of rotatable bonds is 5. The first kappa shape index (κ1) is 20.2. The zero-order valence-corrected chi connectivity index (χ0v) is 18.0. The average Bonchev–Trinajstić information content (AvgIpc) is 2.68. The van der Waals surface area contributed by atoms with Crippen molar-refractivity contribution >= 4 is 44.9 Å². The van der Waals surface area contributed by atoms with Crippen molar-refractivity contribution < 1.29 is 14.3 Å². The number of amides is 1. The molecule has 2 aromatic carbocycles. The summed E-state index contributed by atoms with van der Waals surface area (Å²) in [6.45, 7) is 1.83. The van der Waals surface area contributed by atoms with Crippen LogP contribution in [-0.2, 0) is 4.79 Å². The molecule has 0 aliphatic carbocycles. The van der Waals surface area contributed by atoms with Gasteiger partial charge in [0.05, 0.1) is 25.8 Å². The Balaban J connectivity index is 1.99. The highest BCUT2D eigenvalue weighted by Crippen LogP contribution is 2.35. The average molecular weight is 462 g/mol. The molecule has 1 heterocycles. The molecule has 1 aliphatic rings. The topological polar surface area (TPSA) is 71.6 Å². The quantitative estimate of drug-likeness (QED) is 0.586. The fraction of sp³-hybridized carbons (Fsp3) is 0.200. The normalized spacial score (nSPS) is 16.1. The molecule has 0 saturated heterocycles. The molecule has 146 valence electrons. The number of methoxy groups -OCH3 is 2. The van der Waals surface area contributed by atoms with Gasteiger partial charge in [0.25, 0.3) is 5.91 Å². The van der Waals surface area contributed by atoms with Gasteiger partial charge in [-0.15, -0.1) is 0 Å². The van der Waals surface area contributed by atoms with E-state index in [0.29, 0.717) is 33.6 Å². The van der Waals surface area contributed by atoms with E-state index in [-0.39, 0.29) is 5.91 Å². The van der Waals surface area contributed by atoms with Crippen LogP contribution in [0.2, 0.25) is 0 Å². The van der Waals surface area contributed by atoms with Crippen LogP contribution in [0.1, 0.15) is 18.5 Å². The highest BCUT2D eigenvalue weighted by molar-refractivity contribution is 9.10. The Kier molecular flexibility index (Phi) is 6.21. The summed E-state index contributed by atoms with van der Waals surface area (Å²) in [7, 11) is 3.17. The minimum atomic E-state index is -0.468. The third-order valence-electron chi connectivity index (χ3n) is 4.37. The van der Waals surface area contributed by atoms with Crippen LogP contribution in [0.25, 0.3) is 0 Å². The molecule has 1 aliphatic heterocycles. The van der Waals surface area contributed by atoms with Gasteiger partial charge in [-0.3, -0.25) is 4.79 Å². The minimum absolute atomic E-state index is 0.231. The molecule has 0 unspecified atom stereocenters. The molecular formula is C20H20BrN3O3S. The Morgan fingerprint density at radius 3 is 2.50 bits per heavy atom. The molecule has 3 rings (SSSR count). The van der Waals surface area contributed by atoms with Crippen molar-refractivity contribution in [1.82, 2.24) is 10.6 Å². The highest BCUT2D eigenvalue weighted by Gasteiger charge is 2.32. The maximum absolute atomic E-state index is 13.1. The lowest BCUT2D eigenvalue weighted by Crippen LogP contribution is -2.45. The Morgan fingerprint density at radius 1 is 1.14 bits per heavy atom. The molecule has 1 atom stereocenters. The monoisotopic (exact) mass is 461 g/mol. The molecule has 0 aromatic heterocycles. The maximum Gasteiger partial charge on any atom is 0.255 e. The Labute approximate surface area is 177 Å². The number of hydrogen-bond acceptors (Lipinski definition) is 4. The molecule has 0 saturated carbocycles. The van der Waals surface area contributed by atoms with Crippen molar-refractivity contribution in [2.45, 2.75) is 13.0 Å². The number of carbonyl (C=O) groups is 1. The van der Waals surface area contributed by atoms with Crippen LogP contribution in [0.4, 0.5) is 5.69 Å². The third-order valence-corrected chi connectivity index (χ3v) is 5.12. The molecule has 0 fully saturated rings. The largest absolute Gasteiger partial charge is 0.497 e. The lowest BCUT2D eigenvalue weighted by Gasteiger charge is -2.31. The molecule has 1 amide bonds. The van der Waals surface area contributed by atoms with E-state index in [9.17, 15) is 4.79 Å². The summed E-state index contributed by atoms with van der Waals surface area (Å²) in [6.07, 6.45) is 0. The van der Waals surface area contributed by atoms with Gasteiger partial charge in [0.15, 0.2) is 5.11 Å². The van der Waals surface area contributed by atoms with Crippen LogP contribution in [-0.4, -0.2) is 25.2 Å². The van der Waals surface area contributed by atoms with Crippen molar-refractivity contribution in [3.8, 4) is 11.5 Å². The highest BCUT2D eigenvalue weighted by atomic mass is 79.9. The van der Waals surface area contributed by atoms with Gasteiger partial charge in [0, 0.05) is 27.5 Å². The predicted molar refractivity (Wildman–Crippen MR) is 117 cm³/mol. The number of carbonyl (C=O) groups excluding carboxylic acids is 1. The van der Waals surface area contributed by atoms with Gasteiger partial charge < -0.3 is 25.4 Å². The maximum atomic E-state index is 13.1. The molecule has 8 heteroatoms. The number of anilines is 1. The summed E-state index contributed by atoms with van der Waals surface area (Å²) < 4.78 is 11.7. The zero-order chi connectivity index (χ0) is 20.3. The van der Waals surface area contributed by atoms with Gasteiger partial charge in [-0.2, -0.15) is 0 Å². The van der Waals surface area contributed by atoms with Crippen LogP contribution in [0.5, 0.6) is 11.5 Å². The first-order chi connectivity index (χ1) is 13.4. The van der Waals surface area contributed by atoms with Crippen molar-refractivity contribution in [3.63, 3.8) is 0 Å². The van der Waals surface area contributed by atoms with Gasteiger partial charge in [0.2, 0.25) is 0 Å². The molecule has 28 heavy (non-hydrogen) atoms. The fourth-order valence-corrected chi connectivity index (χ4v) is 3.55. The summed E-state index contributed by atoms with van der Waals surface area (Å²) in [5.74, 6) is 1.03. The Hall–Kier alpha value is -2.58. The van der Waals surface area contributed by atoms with Crippen LogP contribution in [0.3, 0.4) is 0 Å². The number of nitrogens with one attached hydrogen (secondary N) is 3. The van der Waals surface area contributed by atoms with Gasteiger partial charge >= 0.3 is 0 Å². The Bertz CT molecular complexity index is 944. The minimum Gasteiger partial charge on any atom is -0.497 e. The van der Waals surface area contributed by atoms with E-state index in [1.807, 2.05) is 43.3 Å². The summed E-state index contributed by atoms with van der Waals surface area (Å²) in [5, 5.41) is 9.59. The lowest BCUT2D eigenvalue weighted by atomic mass is 9.94. The van der Waals surface area contributed by atoms with Crippen LogP contribution in [0, 0.1) is 0 Å². The molecule has 3 N–H and O–H groups in total. The van der Waals surface area contributed by atoms with E-state index in [2.05, 4.69) is 31.9 Å². The fourth-order valence-electron chi connectivity index (χ4n) is 3.02. The van der Waals surface area contributed by atoms with E-state index >= 15 is 0 Å². The molecule has 0 spiro atoms. The van der Waals surface area contributed by atoms with Gasteiger partial charge in [0.1, 0.15) is 11.5 Å². The van der Waals surface area contributed by atoms with E-state index < -0.39 is 6.04 Å². The molecular weight excluding hydrogens is 442 g/mol. The molecule has 6 nitrogen and oxygen atoms in total. The van der Waals surface area contributed by atoms with E-state index in [4.69, 9.17) is 21.7 Å². The van der Waals surface area contributed by atoms with Crippen LogP contribution >= 0.6 is 28.1 Å². The van der Waals surface area contributed by atoms with Gasteiger partial charge in [-0.1, -0.05) is 15.9 Å². The summed E-state index contributed by atoms with van der Waals surface area (Å²) in [6, 6.07) is 12.4. The second-order valence-corrected chi connectivity index (χ2v) is 7.46. The second-order valence-electron chi connectivity index (χ2n) is 6.14. The molecule has 2 aromatic rings. The second kappa shape index (κ2) is 8.62. The number of ether oxygens (including phenoxy) is 2. The van der Waals surface area contributed by atoms with Crippen molar-refractivity contribution in [2.75, 3.05) is 19.5 Å². The van der Waals surface area contributed by atoms with E-state index in [1.54, 1.807) is 20.3 Å². The summed E-state index contributed by atoms with van der Waals surface area (Å²) in [5.41, 5.74) is 2.69. The van der Waals surface area contributed by atoms with Crippen LogP contribution < -0.4 is 25.4 Å². The zero-order valence-electron chi connectivity index (χ0n) is 15.6. The number of halogens is 1. The molecule has 0 radical (unpaired) electrons. The van der Waals surface area contributed by atoms with E-state index in [1.165, 1.54) is 0 Å². The lowest BCUT2D eigenvalue weighted by molar-refractivity contribution is -0.113. The van der Waals surface area contributed by atoms with Crippen molar-refractivity contribution in [3.05, 3.63) is 63.8 Å². The van der Waals surface area contributed by atoms with E-state index in [0.717, 1.165) is 10.0 Å². The predicted octanol–water partition coefficient (Wildman–Crippen LogP) is 3.90. The summed E-state index contributed by atoms with van der Waals surface area (Å²) in [4.78, 5) is 13.1. The standard InChI is InChI=1S/C20H20BrN3O3S/c1-11-17(19(25)23-13-6-4-12(21)5-7-13)18(24-20(28)22-11)15-9-8-14(26-2)10-16(15)27-3/h4-10,18H,1-3H3,(H,23,25)(H2,22,24,28)/t18-/m0/s1. The van der Waals surface area contributed by atoms with Crippen molar-refractivity contribution in [1.29, 1.82) is 0 Å². The van der Waals surface area contributed by atoms with Crippen LogP contribution in [0.15, 0.2) is 58.2 Å². The number of thiocarbonyl (C=S) groups is 1. The first-order valence-corrected chi connectivity index (χ1v) is 9.70. The SMILES string of the molecule is COc1ccc([C@@H]2NC(=S)NC(C)=C2C(=O)Nc2ccc(Br)cc2)c(OC)c1. The molecule has 0 bridgehead atoms. The smallest absolute Gasteiger partial charge is 0.255 e. The Morgan fingerprint density at radius 2 is 1.86 bits per heavy atom. The number of hydrogen-bond donors (Lipinski definition) is 3. The van der Waals surface area contributed by atoms with Crippen molar-refractivity contribution in [2.24, 2.45) is 0 Å². The summed E-state index contributed by atoms with van der Waals surface area (Å²) >= 11 is 8.70. The number of allylic oxidation sites excluding steroid dienone is 1. The van der Waals surface area contributed by atoms with Gasteiger partial charge in [-0.05, 0) is 55.5 Å². The third kappa shape index (κ3) is 4.28. The van der Waals surface area contributed by atoms with Gasteiger partial charge in [-0.25, -0.2) is 0 Å².